The molecule has 6 nitrogen and oxygen atoms in total. The summed E-state index contributed by atoms with van der Waals surface area (Å²) in [5.74, 6) is 0.0716. The number of carbonyl (C=O) groups is 2. The number of nitrogens with one attached hydrogen (secondary N) is 2. The second kappa shape index (κ2) is 8.44. The molecular formula is C23H26N4O2S. The normalized spacial score (nSPS) is 13.3. The number of benzene rings is 1. The van der Waals surface area contributed by atoms with Crippen LogP contribution in [0.4, 0.5) is 5.00 Å². The van der Waals surface area contributed by atoms with E-state index < -0.39 is 0 Å². The number of carbonyl (C=O) groups excluding carboxylic acids is 2. The first-order chi connectivity index (χ1) is 14.4. The molecule has 1 aromatic carbocycles. The van der Waals surface area contributed by atoms with Crippen molar-refractivity contribution in [3.63, 3.8) is 0 Å². The summed E-state index contributed by atoms with van der Waals surface area (Å²) in [6, 6.07) is 12.1. The summed E-state index contributed by atoms with van der Waals surface area (Å²) >= 11 is 1.33. The minimum atomic E-state index is -0.126. The Balaban J connectivity index is 1.41. The van der Waals surface area contributed by atoms with Crippen LogP contribution in [0.1, 0.15) is 50.6 Å². The molecule has 2 aromatic heterocycles. The van der Waals surface area contributed by atoms with Gasteiger partial charge in [0.1, 0.15) is 0 Å². The number of rotatable bonds is 7. The summed E-state index contributed by atoms with van der Waals surface area (Å²) in [4.78, 5) is 25.4. The van der Waals surface area contributed by atoms with Crippen molar-refractivity contribution in [1.82, 2.24) is 15.1 Å². The summed E-state index contributed by atoms with van der Waals surface area (Å²) in [6.45, 7) is 7.03. The average Bonchev–Trinajstić information content (AvgIpc) is 3.46. The molecule has 0 atom stereocenters. The number of hydrogen-bond donors (Lipinski definition) is 2. The Morgan fingerprint density at radius 1 is 1.17 bits per heavy atom. The maximum atomic E-state index is 12.8. The summed E-state index contributed by atoms with van der Waals surface area (Å²) in [5.41, 5.74) is 5.07. The smallest absolute Gasteiger partial charge is 0.261 e. The Kier molecular flexibility index (Phi) is 5.72. The highest BCUT2D eigenvalue weighted by Gasteiger charge is 2.30. The predicted octanol–water partition coefficient (Wildman–Crippen LogP) is 4.20. The van der Waals surface area contributed by atoms with Crippen molar-refractivity contribution in [3.8, 4) is 0 Å². The fourth-order valence-electron chi connectivity index (χ4n) is 3.49. The zero-order chi connectivity index (χ0) is 21.3. The van der Waals surface area contributed by atoms with E-state index in [0.717, 1.165) is 40.4 Å². The molecule has 2 heterocycles. The topological polar surface area (TPSA) is 76.0 Å². The minimum Gasteiger partial charge on any atom is -0.347 e. The van der Waals surface area contributed by atoms with Crippen LogP contribution in [0, 0.1) is 26.7 Å². The van der Waals surface area contributed by atoms with Gasteiger partial charge in [0.15, 0.2) is 0 Å². The van der Waals surface area contributed by atoms with Crippen molar-refractivity contribution in [2.45, 2.75) is 46.7 Å². The van der Waals surface area contributed by atoms with Gasteiger partial charge in [0, 0.05) is 23.7 Å². The van der Waals surface area contributed by atoms with Gasteiger partial charge in [-0.2, -0.15) is 5.10 Å². The van der Waals surface area contributed by atoms with Crippen LogP contribution < -0.4 is 10.6 Å². The summed E-state index contributed by atoms with van der Waals surface area (Å²) in [5, 5.41) is 11.3. The van der Waals surface area contributed by atoms with Crippen LogP contribution in [0.15, 0.2) is 36.4 Å². The van der Waals surface area contributed by atoms with E-state index in [1.165, 1.54) is 16.9 Å². The third-order valence-corrected chi connectivity index (χ3v) is 6.60. The van der Waals surface area contributed by atoms with Crippen LogP contribution in [0.3, 0.4) is 0 Å². The molecule has 1 saturated carbocycles. The SMILES string of the molecule is Cc1cc(NC(=O)C2CC2)sc1C(=O)NCc1c(C)nn(Cc2ccccc2)c1C. The number of aromatic nitrogens is 2. The van der Waals surface area contributed by atoms with E-state index >= 15 is 0 Å². The standard InChI is InChI=1S/C23H26N4O2S/c1-14-11-20(25-22(28)18-9-10-18)30-21(14)23(29)24-12-19-15(2)26-27(16(19)3)13-17-7-5-4-6-8-17/h4-8,11,18H,9-10,12-13H2,1-3H3,(H,24,29)(H,25,28). The molecule has 2 amide bonds. The van der Waals surface area contributed by atoms with Crippen molar-refractivity contribution in [2.24, 2.45) is 5.92 Å². The lowest BCUT2D eigenvalue weighted by Crippen LogP contribution is -2.23. The quantitative estimate of drug-likeness (QED) is 0.599. The monoisotopic (exact) mass is 422 g/mol. The van der Waals surface area contributed by atoms with Crippen molar-refractivity contribution in [2.75, 3.05) is 5.32 Å². The fourth-order valence-corrected chi connectivity index (χ4v) is 4.48. The molecule has 0 aliphatic heterocycles. The van der Waals surface area contributed by atoms with Crippen LogP contribution in [0.5, 0.6) is 0 Å². The van der Waals surface area contributed by atoms with Gasteiger partial charge in [0.05, 0.1) is 22.1 Å². The maximum Gasteiger partial charge on any atom is 0.261 e. The van der Waals surface area contributed by atoms with Gasteiger partial charge in [-0.1, -0.05) is 30.3 Å². The Bertz CT molecular complexity index is 1080. The minimum absolute atomic E-state index is 0.0558. The Morgan fingerprint density at radius 2 is 1.90 bits per heavy atom. The second-order valence-electron chi connectivity index (χ2n) is 7.86. The van der Waals surface area contributed by atoms with Gasteiger partial charge >= 0.3 is 0 Å². The third kappa shape index (κ3) is 4.46. The number of nitrogens with zero attached hydrogens (tertiary/aromatic N) is 2. The molecule has 0 radical (unpaired) electrons. The van der Waals surface area contributed by atoms with Gasteiger partial charge in [-0.25, -0.2) is 0 Å². The first kappa shape index (κ1) is 20.3. The molecule has 7 heteroatoms. The van der Waals surface area contributed by atoms with Gasteiger partial charge in [-0.15, -0.1) is 11.3 Å². The van der Waals surface area contributed by atoms with Gasteiger partial charge in [0.2, 0.25) is 5.91 Å². The van der Waals surface area contributed by atoms with Crippen LogP contribution >= 0.6 is 11.3 Å². The Morgan fingerprint density at radius 3 is 2.60 bits per heavy atom. The van der Waals surface area contributed by atoms with Crippen molar-refractivity contribution in [3.05, 3.63) is 69.4 Å². The van der Waals surface area contributed by atoms with Crippen molar-refractivity contribution >= 4 is 28.2 Å². The van der Waals surface area contributed by atoms with Gasteiger partial charge in [-0.3, -0.25) is 14.3 Å². The summed E-state index contributed by atoms with van der Waals surface area (Å²) in [7, 11) is 0. The second-order valence-corrected chi connectivity index (χ2v) is 8.91. The van der Waals surface area contributed by atoms with E-state index in [4.69, 9.17) is 0 Å². The zero-order valence-corrected chi connectivity index (χ0v) is 18.3. The van der Waals surface area contributed by atoms with E-state index in [2.05, 4.69) is 27.9 Å². The van der Waals surface area contributed by atoms with E-state index in [9.17, 15) is 9.59 Å². The van der Waals surface area contributed by atoms with Crippen LogP contribution in [0.25, 0.3) is 0 Å². The highest BCUT2D eigenvalue weighted by molar-refractivity contribution is 7.18. The highest BCUT2D eigenvalue weighted by atomic mass is 32.1. The van der Waals surface area contributed by atoms with E-state index in [1.807, 2.05) is 49.7 Å². The van der Waals surface area contributed by atoms with Gasteiger partial charge in [0.25, 0.3) is 5.91 Å². The predicted molar refractivity (Wildman–Crippen MR) is 119 cm³/mol. The number of anilines is 1. The third-order valence-electron chi connectivity index (χ3n) is 5.45. The number of aryl methyl sites for hydroxylation is 2. The Hall–Kier alpha value is -2.93. The fraction of sp³-hybridized carbons (Fsp3) is 0.348. The molecular weight excluding hydrogens is 396 g/mol. The van der Waals surface area contributed by atoms with Gasteiger partial charge < -0.3 is 10.6 Å². The molecule has 1 aliphatic rings. The van der Waals surface area contributed by atoms with Crippen molar-refractivity contribution < 1.29 is 9.59 Å². The molecule has 0 unspecified atom stereocenters. The molecule has 3 aromatic rings. The van der Waals surface area contributed by atoms with E-state index in [-0.39, 0.29) is 17.7 Å². The summed E-state index contributed by atoms with van der Waals surface area (Å²) < 4.78 is 1.98. The maximum absolute atomic E-state index is 12.8. The Labute approximate surface area is 180 Å². The number of thiophene rings is 1. The number of amides is 2. The molecule has 2 N–H and O–H groups in total. The molecule has 1 aliphatic carbocycles. The van der Waals surface area contributed by atoms with Crippen LogP contribution in [-0.4, -0.2) is 21.6 Å². The average molecular weight is 423 g/mol. The highest BCUT2D eigenvalue weighted by Crippen LogP contribution is 2.32. The molecule has 156 valence electrons. The van der Waals surface area contributed by atoms with Crippen molar-refractivity contribution in [1.29, 1.82) is 0 Å². The molecule has 1 fully saturated rings. The summed E-state index contributed by atoms with van der Waals surface area (Å²) in [6.07, 6.45) is 1.92. The molecule has 4 rings (SSSR count). The zero-order valence-electron chi connectivity index (χ0n) is 17.5. The first-order valence-electron chi connectivity index (χ1n) is 10.2. The largest absolute Gasteiger partial charge is 0.347 e. The number of hydrogen-bond acceptors (Lipinski definition) is 4. The molecule has 0 saturated heterocycles. The first-order valence-corrected chi connectivity index (χ1v) is 11.0. The van der Waals surface area contributed by atoms with Gasteiger partial charge in [-0.05, 0) is 50.8 Å². The molecule has 0 spiro atoms. The molecule has 0 bridgehead atoms. The van der Waals surface area contributed by atoms with Crippen LogP contribution in [0.2, 0.25) is 0 Å². The lowest BCUT2D eigenvalue weighted by Gasteiger charge is -2.07. The lowest BCUT2D eigenvalue weighted by atomic mass is 10.2. The lowest BCUT2D eigenvalue weighted by molar-refractivity contribution is -0.117. The van der Waals surface area contributed by atoms with Crippen LogP contribution in [-0.2, 0) is 17.9 Å². The molecule has 30 heavy (non-hydrogen) atoms. The van der Waals surface area contributed by atoms with E-state index in [0.29, 0.717) is 18.0 Å². The van der Waals surface area contributed by atoms with E-state index in [1.54, 1.807) is 0 Å².